The van der Waals surface area contributed by atoms with Crippen LogP contribution in [-0.4, -0.2) is 35.3 Å². The van der Waals surface area contributed by atoms with Crippen molar-refractivity contribution in [2.75, 3.05) is 13.7 Å². The van der Waals surface area contributed by atoms with Crippen LogP contribution in [-0.2, 0) is 4.79 Å². The SMILES string of the molecule is COc1ccc(C2CC(c3ccccc3)=NN2C(=O)COc2ccccc2[N+](=O)[O-])cc1. The van der Waals surface area contributed by atoms with Crippen LogP contribution in [0.2, 0.25) is 0 Å². The predicted octanol–water partition coefficient (Wildman–Crippen LogP) is 4.36. The highest BCUT2D eigenvalue weighted by Gasteiger charge is 2.33. The second kappa shape index (κ2) is 9.30. The highest BCUT2D eigenvalue weighted by molar-refractivity contribution is 6.03. The van der Waals surface area contributed by atoms with Crippen molar-refractivity contribution in [3.05, 3.63) is 100 Å². The average molecular weight is 431 g/mol. The number of rotatable bonds is 7. The lowest BCUT2D eigenvalue weighted by Crippen LogP contribution is -2.31. The zero-order chi connectivity index (χ0) is 22.5. The number of nitrogens with zero attached hydrogens (tertiary/aromatic N) is 3. The third-order valence-electron chi connectivity index (χ3n) is 5.19. The van der Waals surface area contributed by atoms with Gasteiger partial charge in [0, 0.05) is 12.5 Å². The first-order valence-electron chi connectivity index (χ1n) is 10.0. The van der Waals surface area contributed by atoms with Crippen molar-refractivity contribution >= 4 is 17.3 Å². The van der Waals surface area contributed by atoms with E-state index in [1.54, 1.807) is 19.2 Å². The van der Waals surface area contributed by atoms with Crippen molar-refractivity contribution in [3.8, 4) is 11.5 Å². The Morgan fingerprint density at radius 2 is 1.75 bits per heavy atom. The number of carbonyl (C=O) groups is 1. The lowest BCUT2D eigenvalue weighted by molar-refractivity contribution is -0.385. The van der Waals surface area contributed by atoms with Gasteiger partial charge in [0.15, 0.2) is 12.4 Å². The van der Waals surface area contributed by atoms with Gasteiger partial charge in [0.2, 0.25) is 0 Å². The monoisotopic (exact) mass is 431 g/mol. The summed E-state index contributed by atoms with van der Waals surface area (Å²) in [5.74, 6) is 0.363. The first-order valence-corrected chi connectivity index (χ1v) is 10.0. The standard InChI is InChI=1S/C24H21N3O5/c1-31-19-13-11-18(12-14-19)22-15-20(17-7-3-2-4-8-17)25-26(22)24(28)16-32-23-10-6-5-9-21(23)27(29)30/h2-14,22H,15-16H2,1H3. The second-order valence-corrected chi connectivity index (χ2v) is 7.16. The molecule has 162 valence electrons. The summed E-state index contributed by atoms with van der Waals surface area (Å²) in [5, 5.41) is 17.2. The summed E-state index contributed by atoms with van der Waals surface area (Å²) in [6, 6.07) is 22.8. The van der Waals surface area contributed by atoms with E-state index in [4.69, 9.17) is 9.47 Å². The van der Waals surface area contributed by atoms with Gasteiger partial charge in [-0.15, -0.1) is 0 Å². The molecule has 8 nitrogen and oxygen atoms in total. The zero-order valence-electron chi connectivity index (χ0n) is 17.4. The molecule has 3 aromatic rings. The molecule has 3 aromatic carbocycles. The third kappa shape index (κ3) is 4.44. The summed E-state index contributed by atoms with van der Waals surface area (Å²) >= 11 is 0. The molecule has 0 N–H and O–H groups in total. The number of carbonyl (C=O) groups excluding carboxylic acids is 1. The molecule has 1 atom stereocenters. The van der Waals surface area contributed by atoms with E-state index in [-0.39, 0.29) is 24.1 Å². The van der Waals surface area contributed by atoms with Crippen LogP contribution < -0.4 is 9.47 Å². The Morgan fingerprint density at radius 1 is 1.06 bits per heavy atom. The molecule has 0 radical (unpaired) electrons. The highest BCUT2D eigenvalue weighted by Crippen LogP contribution is 2.34. The minimum Gasteiger partial charge on any atom is -0.497 e. The summed E-state index contributed by atoms with van der Waals surface area (Å²) in [6.45, 7) is -0.372. The van der Waals surface area contributed by atoms with E-state index < -0.39 is 10.8 Å². The van der Waals surface area contributed by atoms with Gasteiger partial charge in [0.05, 0.1) is 23.8 Å². The molecule has 1 aliphatic heterocycles. The lowest BCUT2D eigenvalue weighted by atomic mass is 9.98. The summed E-state index contributed by atoms with van der Waals surface area (Å²) in [4.78, 5) is 23.8. The van der Waals surface area contributed by atoms with Crippen LogP contribution in [0.4, 0.5) is 5.69 Å². The van der Waals surface area contributed by atoms with Crippen molar-refractivity contribution in [1.29, 1.82) is 0 Å². The normalized spacial score (nSPS) is 15.2. The molecule has 1 amide bonds. The number of hydrazone groups is 1. The maximum atomic E-state index is 13.1. The molecule has 0 aromatic heterocycles. The summed E-state index contributed by atoms with van der Waals surface area (Å²) < 4.78 is 10.7. The van der Waals surface area contributed by atoms with Crippen molar-refractivity contribution < 1.29 is 19.2 Å². The Morgan fingerprint density at radius 3 is 2.44 bits per heavy atom. The molecule has 0 saturated carbocycles. The third-order valence-corrected chi connectivity index (χ3v) is 5.19. The van der Waals surface area contributed by atoms with Crippen LogP contribution in [0.25, 0.3) is 0 Å². The molecule has 8 heteroatoms. The predicted molar refractivity (Wildman–Crippen MR) is 119 cm³/mol. The Labute approximate surface area is 184 Å². The number of nitro groups is 1. The van der Waals surface area contributed by atoms with Gasteiger partial charge in [-0.05, 0) is 29.3 Å². The Bertz CT molecular complexity index is 1150. The number of ether oxygens (including phenoxy) is 2. The fraction of sp³-hybridized carbons (Fsp3) is 0.167. The molecule has 0 spiro atoms. The van der Waals surface area contributed by atoms with Crippen molar-refractivity contribution in [2.24, 2.45) is 5.10 Å². The molecule has 0 aliphatic carbocycles. The quantitative estimate of drug-likeness (QED) is 0.409. The molecular formula is C24H21N3O5. The molecule has 0 fully saturated rings. The van der Waals surface area contributed by atoms with Crippen LogP contribution in [0.3, 0.4) is 0 Å². The summed E-state index contributed by atoms with van der Waals surface area (Å²) in [7, 11) is 1.59. The van der Waals surface area contributed by atoms with Crippen LogP contribution in [0, 0.1) is 10.1 Å². The van der Waals surface area contributed by atoms with Gasteiger partial charge >= 0.3 is 5.69 Å². The number of para-hydroxylation sites is 2. The molecule has 4 rings (SSSR count). The topological polar surface area (TPSA) is 94.3 Å². The number of nitro benzene ring substituents is 1. The number of hydrogen-bond acceptors (Lipinski definition) is 6. The van der Waals surface area contributed by atoms with Crippen LogP contribution in [0.1, 0.15) is 23.6 Å². The fourth-order valence-electron chi connectivity index (χ4n) is 3.57. The smallest absolute Gasteiger partial charge is 0.310 e. The Kier molecular flexibility index (Phi) is 6.12. The molecular weight excluding hydrogens is 410 g/mol. The van der Waals surface area contributed by atoms with Crippen LogP contribution in [0.5, 0.6) is 11.5 Å². The Hall–Kier alpha value is -4.20. The van der Waals surface area contributed by atoms with E-state index in [0.29, 0.717) is 12.2 Å². The van der Waals surface area contributed by atoms with Gasteiger partial charge in [-0.1, -0.05) is 54.6 Å². The summed E-state index contributed by atoms with van der Waals surface area (Å²) in [5.41, 5.74) is 2.42. The molecule has 32 heavy (non-hydrogen) atoms. The number of benzene rings is 3. The molecule has 1 heterocycles. The summed E-state index contributed by atoms with van der Waals surface area (Å²) in [6.07, 6.45) is 0.535. The van der Waals surface area contributed by atoms with Gasteiger partial charge in [-0.25, -0.2) is 5.01 Å². The van der Waals surface area contributed by atoms with Gasteiger partial charge < -0.3 is 9.47 Å². The lowest BCUT2D eigenvalue weighted by Gasteiger charge is -2.22. The number of amides is 1. The van der Waals surface area contributed by atoms with Crippen LogP contribution >= 0.6 is 0 Å². The van der Waals surface area contributed by atoms with Gasteiger partial charge in [-0.3, -0.25) is 14.9 Å². The molecule has 0 bridgehead atoms. The van der Waals surface area contributed by atoms with E-state index in [2.05, 4.69) is 5.10 Å². The average Bonchev–Trinajstić information content (AvgIpc) is 3.29. The highest BCUT2D eigenvalue weighted by atomic mass is 16.6. The van der Waals surface area contributed by atoms with E-state index in [9.17, 15) is 14.9 Å². The minimum atomic E-state index is -0.540. The van der Waals surface area contributed by atoms with E-state index >= 15 is 0 Å². The molecule has 1 unspecified atom stereocenters. The van der Waals surface area contributed by atoms with Gasteiger partial charge in [0.1, 0.15) is 5.75 Å². The fourth-order valence-corrected chi connectivity index (χ4v) is 3.57. The minimum absolute atomic E-state index is 0.0401. The molecule has 0 saturated heterocycles. The van der Waals surface area contributed by atoms with Gasteiger partial charge in [0.25, 0.3) is 5.91 Å². The van der Waals surface area contributed by atoms with Crippen molar-refractivity contribution in [2.45, 2.75) is 12.5 Å². The van der Waals surface area contributed by atoms with Gasteiger partial charge in [-0.2, -0.15) is 5.10 Å². The number of hydrogen-bond donors (Lipinski definition) is 0. The maximum Gasteiger partial charge on any atom is 0.310 e. The zero-order valence-corrected chi connectivity index (χ0v) is 17.4. The first-order chi connectivity index (χ1) is 15.6. The second-order valence-electron chi connectivity index (χ2n) is 7.16. The first kappa shape index (κ1) is 21.0. The van der Waals surface area contributed by atoms with Crippen molar-refractivity contribution in [3.63, 3.8) is 0 Å². The molecule has 1 aliphatic rings. The van der Waals surface area contributed by atoms with Crippen molar-refractivity contribution in [1.82, 2.24) is 5.01 Å². The van der Waals surface area contributed by atoms with Crippen LogP contribution in [0.15, 0.2) is 84.0 Å². The maximum absolute atomic E-state index is 13.1. The number of methoxy groups -OCH3 is 1. The van der Waals surface area contributed by atoms with E-state index in [1.807, 2.05) is 54.6 Å². The largest absolute Gasteiger partial charge is 0.497 e. The van der Waals surface area contributed by atoms with E-state index in [0.717, 1.165) is 16.8 Å². The van der Waals surface area contributed by atoms with E-state index in [1.165, 1.54) is 17.1 Å². The Balaban J connectivity index is 1.58.